The van der Waals surface area contributed by atoms with Gasteiger partial charge in [0.1, 0.15) is 0 Å². The molecule has 1 fully saturated rings. The molecule has 0 spiro atoms. The van der Waals surface area contributed by atoms with Gasteiger partial charge in [-0.15, -0.1) is 0 Å². The zero-order valence-electron chi connectivity index (χ0n) is 9.01. The number of hydrogen-bond acceptors (Lipinski definition) is 0. The van der Waals surface area contributed by atoms with Gasteiger partial charge in [-0.05, 0) is 44.4 Å². The van der Waals surface area contributed by atoms with Crippen LogP contribution < -0.4 is 0 Å². The third kappa shape index (κ3) is 1.59. The molecule has 0 amide bonds. The first-order chi connectivity index (χ1) is 6.20. The molecular formula is C13H20. The van der Waals surface area contributed by atoms with Crippen LogP contribution in [0.2, 0.25) is 0 Å². The lowest BCUT2D eigenvalue weighted by molar-refractivity contribution is 0.508. The van der Waals surface area contributed by atoms with E-state index in [4.69, 9.17) is 0 Å². The molecule has 72 valence electrons. The van der Waals surface area contributed by atoms with Gasteiger partial charge in [0.2, 0.25) is 0 Å². The lowest BCUT2D eigenvalue weighted by Crippen LogP contribution is -2.10. The van der Waals surface area contributed by atoms with E-state index in [0.29, 0.717) is 0 Å². The SMILES string of the molecule is CCC1CC2C=C(C)C=C(C)C2C1. The second-order valence-corrected chi connectivity index (χ2v) is 4.82. The first-order valence-electron chi connectivity index (χ1n) is 5.57. The van der Waals surface area contributed by atoms with E-state index < -0.39 is 0 Å². The summed E-state index contributed by atoms with van der Waals surface area (Å²) in [6.45, 7) is 6.88. The average molecular weight is 176 g/mol. The summed E-state index contributed by atoms with van der Waals surface area (Å²) in [5, 5.41) is 0. The van der Waals surface area contributed by atoms with Crippen molar-refractivity contribution in [1.29, 1.82) is 0 Å². The standard InChI is InChI=1S/C13H20/c1-4-11-7-12-6-9(2)5-10(3)13(12)8-11/h5-6,11-13H,4,7-8H2,1-3H3. The van der Waals surface area contributed by atoms with E-state index in [1.54, 1.807) is 5.57 Å². The minimum Gasteiger partial charge on any atom is -0.0779 e. The minimum absolute atomic E-state index is 0.870. The Morgan fingerprint density at radius 3 is 2.77 bits per heavy atom. The summed E-state index contributed by atoms with van der Waals surface area (Å²) in [7, 11) is 0. The molecule has 13 heavy (non-hydrogen) atoms. The molecule has 0 nitrogen and oxygen atoms in total. The van der Waals surface area contributed by atoms with E-state index in [0.717, 1.165) is 17.8 Å². The predicted molar refractivity (Wildman–Crippen MR) is 57.5 cm³/mol. The van der Waals surface area contributed by atoms with Crippen molar-refractivity contribution in [2.45, 2.75) is 40.0 Å². The Morgan fingerprint density at radius 2 is 2.08 bits per heavy atom. The molecule has 0 aromatic carbocycles. The Labute approximate surface area is 81.7 Å². The highest BCUT2D eigenvalue weighted by Crippen LogP contribution is 2.45. The van der Waals surface area contributed by atoms with Crippen molar-refractivity contribution in [3.8, 4) is 0 Å². The van der Waals surface area contributed by atoms with Gasteiger partial charge >= 0.3 is 0 Å². The Kier molecular flexibility index (Phi) is 2.31. The maximum absolute atomic E-state index is 2.49. The lowest BCUT2D eigenvalue weighted by Gasteiger charge is -2.22. The largest absolute Gasteiger partial charge is 0.0779 e. The van der Waals surface area contributed by atoms with Crippen LogP contribution >= 0.6 is 0 Å². The predicted octanol–water partition coefficient (Wildman–Crippen LogP) is 3.95. The van der Waals surface area contributed by atoms with Gasteiger partial charge in [-0.1, -0.05) is 36.6 Å². The van der Waals surface area contributed by atoms with Gasteiger partial charge in [-0.2, -0.15) is 0 Å². The zero-order valence-corrected chi connectivity index (χ0v) is 9.01. The Morgan fingerprint density at radius 1 is 1.31 bits per heavy atom. The van der Waals surface area contributed by atoms with Crippen molar-refractivity contribution in [2.75, 3.05) is 0 Å². The van der Waals surface area contributed by atoms with Crippen LogP contribution in [0.5, 0.6) is 0 Å². The highest BCUT2D eigenvalue weighted by atomic mass is 14.4. The van der Waals surface area contributed by atoms with E-state index >= 15 is 0 Å². The van der Waals surface area contributed by atoms with Gasteiger partial charge in [0, 0.05) is 0 Å². The first kappa shape index (κ1) is 9.05. The molecule has 2 aliphatic carbocycles. The molecule has 0 saturated heterocycles. The summed E-state index contributed by atoms with van der Waals surface area (Å²) in [5.74, 6) is 2.74. The first-order valence-corrected chi connectivity index (χ1v) is 5.57. The van der Waals surface area contributed by atoms with Crippen molar-refractivity contribution < 1.29 is 0 Å². The van der Waals surface area contributed by atoms with E-state index in [-0.39, 0.29) is 0 Å². The van der Waals surface area contributed by atoms with Gasteiger partial charge in [-0.25, -0.2) is 0 Å². The average Bonchev–Trinajstić information content (AvgIpc) is 2.47. The van der Waals surface area contributed by atoms with Crippen molar-refractivity contribution in [2.24, 2.45) is 17.8 Å². The molecular weight excluding hydrogens is 156 g/mol. The van der Waals surface area contributed by atoms with Crippen LogP contribution in [0, 0.1) is 17.8 Å². The molecule has 2 rings (SSSR count). The topological polar surface area (TPSA) is 0 Å². The molecule has 3 atom stereocenters. The quantitative estimate of drug-likeness (QED) is 0.567. The third-order valence-electron chi connectivity index (χ3n) is 3.80. The summed E-state index contributed by atoms with van der Waals surface area (Å²) in [4.78, 5) is 0. The third-order valence-corrected chi connectivity index (χ3v) is 3.80. The van der Waals surface area contributed by atoms with Crippen LogP contribution in [-0.4, -0.2) is 0 Å². The fourth-order valence-corrected chi connectivity index (χ4v) is 3.07. The number of fused-ring (bicyclic) bond motifs is 1. The van der Waals surface area contributed by atoms with Gasteiger partial charge < -0.3 is 0 Å². The Hall–Kier alpha value is -0.520. The lowest BCUT2D eigenvalue weighted by atomic mass is 9.83. The van der Waals surface area contributed by atoms with E-state index in [1.165, 1.54) is 24.8 Å². The summed E-state index contributed by atoms with van der Waals surface area (Å²) >= 11 is 0. The fourth-order valence-electron chi connectivity index (χ4n) is 3.07. The van der Waals surface area contributed by atoms with Crippen LogP contribution in [-0.2, 0) is 0 Å². The van der Waals surface area contributed by atoms with Crippen LogP contribution in [0.4, 0.5) is 0 Å². The number of hydrogen-bond donors (Lipinski definition) is 0. The summed E-state index contributed by atoms with van der Waals surface area (Å²) in [6.07, 6.45) is 9.11. The van der Waals surface area contributed by atoms with Gasteiger partial charge in [0.15, 0.2) is 0 Å². The molecule has 3 unspecified atom stereocenters. The summed E-state index contributed by atoms with van der Waals surface area (Å²) in [5.41, 5.74) is 3.11. The van der Waals surface area contributed by atoms with Crippen LogP contribution in [0.25, 0.3) is 0 Å². The highest BCUT2D eigenvalue weighted by molar-refractivity contribution is 5.30. The van der Waals surface area contributed by atoms with Crippen molar-refractivity contribution in [3.05, 3.63) is 23.3 Å². The molecule has 0 aliphatic heterocycles. The molecule has 0 radical (unpaired) electrons. The normalized spacial score (nSPS) is 38.2. The van der Waals surface area contributed by atoms with Gasteiger partial charge in [-0.3, -0.25) is 0 Å². The summed E-state index contributed by atoms with van der Waals surface area (Å²) < 4.78 is 0. The molecule has 0 bridgehead atoms. The maximum atomic E-state index is 2.49. The van der Waals surface area contributed by atoms with Crippen LogP contribution in [0.3, 0.4) is 0 Å². The van der Waals surface area contributed by atoms with E-state index in [1.807, 2.05) is 0 Å². The van der Waals surface area contributed by atoms with Crippen molar-refractivity contribution in [3.63, 3.8) is 0 Å². The van der Waals surface area contributed by atoms with Crippen LogP contribution in [0.15, 0.2) is 23.3 Å². The number of allylic oxidation sites excluding steroid dienone is 4. The smallest absolute Gasteiger partial charge is 0.0137 e. The van der Waals surface area contributed by atoms with E-state index in [9.17, 15) is 0 Å². The zero-order chi connectivity index (χ0) is 9.42. The Balaban J connectivity index is 2.18. The van der Waals surface area contributed by atoms with Crippen molar-refractivity contribution >= 4 is 0 Å². The second kappa shape index (κ2) is 3.32. The molecule has 0 N–H and O–H groups in total. The molecule has 0 aromatic rings. The Bertz CT molecular complexity index is 257. The van der Waals surface area contributed by atoms with Gasteiger partial charge in [0.05, 0.1) is 0 Å². The van der Waals surface area contributed by atoms with Crippen LogP contribution in [0.1, 0.15) is 40.0 Å². The molecule has 1 saturated carbocycles. The molecule has 0 aromatic heterocycles. The molecule has 0 heteroatoms. The highest BCUT2D eigenvalue weighted by Gasteiger charge is 2.34. The fraction of sp³-hybridized carbons (Fsp3) is 0.692. The minimum atomic E-state index is 0.870. The van der Waals surface area contributed by atoms with E-state index in [2.05, 4.69) is 32.9 Å². The van der Waals surface area contributed by atoms with Crippen molar-refractivity contribution in [1.82, 2.24) is 0 Å². The monoisotopic (exact) mass is 176 g/mol. The number of rotatable bonds is 1. The summed E-state index contributed by atoms with van der Waals surface area (Å²) in [6, 6.07) is 0. The second-order valence-electron chi connectivity index (χ2n) is 4.82. The molecule has 2 aliphatic rings. The maximum Gasteiger partial charge on any atom is -0.0137 e. The van der Waals surface area contributed by atoms with Gasteiger partial charge in [0.25, 0.3) is 0 Å². The molecule has 0 heterocycles.